The van der Waals surface area contributed by atoms with Crippen molar-refractivity contribution in [3.8, 4) is 0 Å². The SMILES string of the molecule is CC(Cl)(Cl)C(C(=O)Nc1ccc(Cl)c(C(=O)NCC(F)(F)F)c1)c1cc(F)c(F)c(Br)c1. The first-order valence-corrected chi connectivity index (χ1v) is 10.5. The van der Waals surface area contributed by atoms with Gasteiger partial charge >= 0.3 is 6.18 Å². The van der Waals surface area contributed by atoms with E-state index in [9.17, 15) is 31.5 Å². The molecule has 174 valence electrons. The molecule has 2 amide bonds. The molecule has 0 heterocycles. The van der Waals surface area contributed by atoms with Crippen LogP contribution in [0, 0.1) is 11.6 Å². The van der Waals surface area contributed by atoms with Crippen LogP contribution in [0.3, 0.4) is 0 Å². The number of benzene rings is 2. The number of hydrogen-bond acceptors (Lipinski definition) is 2. The normalized spacial score (nSPS) is 12.9. The quantitative estimate of drug-likeness (QED) is 0.230. The van der Waals surface area contributed by atoms with E-state index >= 15 is 0 Å². The molecule has 13 heteroatoms. The molecule has 0 saturated heterocycles. The topological polar surface area (TPSA) is 58.2 Å². The molecule has 2 aromatic carbocycles. The minimum Gasteiger partial charge on any atom is -0.343 e. The van der Waals surface area contributed by atoms with Gasteiger partial charge in [-0.25, -0.2) is 8.78 Å². The number of anilines is 1. The van der Waals surface area contributed by atoms with Crippen LogP contribution in [-0.4, -0.2) is 28.9 Å². The molecule has 0 bridgehead atoms. The van der Waals surface area contributed by atoms with Gasteiger partial charge in [0.1, 0.15) is 10.9 Å². The lowest BCUT2D eigenvalue weighted by atomic mass is 9.94. The Morgan fingerprint density at radius 3 is 2.28 bits per heavy atom. The van der Waals surface area contributed by atoms with Gasteiger partial charge in [0.05, 0.1) is 21.0 Å². The molecule has 0 spiro atoms. The Labute approximate surface area is 202 Å². The molecule has 0 fully saturated rings. The molecule has 2 N–H and O–H groups in total. The fourth-order valence-electron chi connectivity index (χ4n) is 2.68. The molecule has 2 rings (SSSR count). The number of carbonyl (C=O) groups is 2. The third-order valence-electron chi connectivity index (χ3n) is 4.04. The second-order valence-electron chi connectivity index (χ2n) is 6.67. The summed E-state index contributed by atoms with van der Waals surface area (Å²) in [4.78, 5) is 24.9. The van der Waals surface area contributed by atoms with Gasteiger partial charge in [0.25, 0.3) is 5.91 Å². The van der Waals surface area contributed by atoms with Gasteiger partial charge in [-0.2, -0.15) is 13.2 Å². The molecule has 0 aliphatic rings. The van der Waals surface area contributed by atoms with E-state index in [1.165, 1.54) is 19.1 Å². The van der Waals surface area contributed by atoms with Crippen LogP contribution in [0.5, 0.6) is 0 Å². The van der Waals surface area contributed by atoms with Crippen LogP contribution in [0.25, 0.3) is 0 Å². The second-order valence-corrected chi connectivity index (χ2v) is 9.69. The van der Waals surface area contributed by atoms with Crippen molar-refractivity contribution in [1.82, 2.24) is 5.32 Å². The van der Waals surface area contributed by atoms with Gasteiger partial charge in [0.15, 0.2) is 11.6 Å². The summed E-state index contributed by atoms with van der Waals surface area (Å²) in [5.74, 6) is -5.82. The maximum absolute atomic E-state index is 13.9. The largest absolute Gasteiger partial charge is 0.405 e. The first kappa shape index (κ1) is 26.6. The number of amides is 2. The zero-order valence-corrected chi connectivity index (χ0v) is 19.7. The lowest BCUT2D eigenvalue weighted by molar-refractivity contribution is -0.123. The predicted octanol–water partition coefficient (Wildman–Crippen LogP) is 6.59. The molecule has 2 aromatic rings. The molecule has 0 aliphatic heterocycles. The zero-order chi connectivity index (χ0) is 24.4. The lowest BCUT2D eigenvalue weighted by Crippen LogP contribution is -2.34. The second kappa shape index (κ2) is 10.1. The van der Waals surface area contributed by atoms with Crippen molar-refractivity contribution in [2.24, 2.45) is 0 Å². The summed E-state index contributed by atoms with van der Waals surface area (Å²) in [7, 11) is 0. The maximum atomic E-state index is 13.9. The van der Waals surface area contributed by atoms with E-state index < -0.39 is 46.4 Å². The van der Waals surface area contributed by atoms with Gasteiger partial charge in [-0.1, -0.05) is 11.6 Å². The average molecular weight is 583 g/mol. The van der Waals surface area contributed by atoms with Crippen LogP contribution in [0.2, 0.25) is 5.02 Å². The van der Waals surface area contributed by atoms with E-state index in [2.05, 4.69) is 21.2 Å². The van der Waals surface area contributed by atoms with Crippen molar-refractivity contribution in [1.29, 1.82) is 0 Å². The summed E-state index contributed by atoms with van der Waals surface area (Å²) < 4.78 is 62.4. The standard InChI is InChI=1S/C19H13BrCl3F5N2O2/c1-18(22,23)14(8-4-11(20)15(25)13(24)5-8)17(32)30-9-2-3-12(21)10(6-9)16(31)29-7-19(26,27)28/h2-6,14H,7H2,1H3,(H,29,31)(H,30,32). The third-order valence-corrected chi connectivity index (χ3v) is 5.38. The molecular weight excluding hydrogens is 569 g/mol. The Balaban J connectivity index is 2.34. The predicted molar refractivity (Wildman–Crippen MR) is 115 cm³/mol. The minimum atomic E-state index is -4.63. The first-order chi connectivity index (χ1) is 14.6. The Morgan fingerprint density at radius 1 is 1.12 bits per heavy atom. The monoisotopic (exact) mass is 580 g/mol. The summed E-state index contributed by atoms with van der Waals surface area (Å²) in [6, 6.07) is 5.39. The molecule has 0 saturated carbocycles. The van der Waals surface area contributed by atoms with E-state index in [-0.39, 0.29) is 26.3 Å². The van der Waals surface area contributed by atoms with E-state index in [0.29, 0.717) is 0 Å². The van der Waals surface area contributed by atoms with Gasteiger partial charge in [0, 0.05) is 5.69 Å². The van der Waals surface area contributed by atoms with Crippen molar-refractivity contribution in [3.63, 3.8) is 0 Å². The summed E-state index contributed by atoms with van der Waals surface area (Å²) in [6.07, 6.45) is -4.63. The van der Waals surface area contributed by atoms with Crippen LogP contribution in [-0.2, 0) is 4.79 Å². The molecule has 0 aliphatic carbocycles. The van der Waals surface area contributed by atoms with E-state index in [1.54, 1.807) is 5.32 Å². The average Bonchev–Trinajstić information content (AvgIpc) is 2.64. The number of nitrogens with one attached hydrogen (secondary N) is 2. The molecule has 32 heavy (non-hydrogen) atoms. The van der Waals surface area contributed by atoms with Crippen molar-refractivity contribution in [2.45, 2.75) is 23.4 Å². The summed E-state index contributed by atoms with van der Waals surface area (Å²) in [5, 5.41) is 3.90. The van der Waals surface area contributed by atoms with E-state index in [4.69, 9.17) is 34.8 Å². The number of hydrogen-bond donors (Lipinski definition) is 2. The van der Waals surface area contributed by atoms with Crippen molar-refractivity contribution >= 4 is 68.2 Å². The fourth-order valence-corrected chi connectivity index (χ4v) is 3.79. The highest BCUT2D eigenvalue weighted by atomic mass is 79.9. The molecule has 1 atom stereocenters. The van der Waals surface area contributed by atoms with Crippen molar-refractivity contribution in [3.05, 3.63) is 62.6 Å². The molecule has 1 unspecified atom stereocenters. The van der Waals surface area contributed by atoms with Crippen LogP contribution in [0.15, 0.2) is 34.8 Å². The molecule has 0 aromatic heterocycles. The highest BCUT2D eigenvalue weighted by Crippen LogP contribution is 2.40. The molecule has 0 radical (unpaired) electrons. The first-order valence-electron chi connectivity index (χ1n) is 8.57. The van der Waals surface area contributed by atoms with Crippen LogP contribution in [0.1, 0.15) is 28.8 Å². The van der Waals surface area contributed by atoms with Crippen LogP contribution in [0.4, 0.5) is 27.6 Å². The summed E-state index contributed by atoms with van der Waals surface area (Å²) in [5.41, 5.74) is -0.418. The Morgan fingerprint density at radius 2 is 1.75 bits per heavy atom. The third kappa shape index (κ3) is 6.94. The lowest BCUT2D eigenvalue weighted by Gasteiger charge is -2.26. The molecule has 4 nitrogen and oxygen atoms in total. The fraction of sp³-hybridized carbons (Fsp3) is 0.263. The zero-order valence-electron chi connectivity index (χ0n) is 15.9. The van der Waals surface area contributed by atoms with E-state index in [0.717, 1.165) is 18.2 Å². The Bertz CT molecular complexity index is 1020. The van der Waals surface area contributed by atoms with Gasteiger partial charge in [-0.15, -0.1) is 23.2 Å². The highest BCUT2D eigenvalue weighted by molar-refractivity contribution is 9.10. The Kier molecular flexibility index (Phi) is 8.41. The highest BCUT2D eigenvalue weighted by Gasteiger charge is 2.38. The summed E-state index contributed by atoms with van der Waals surface area (Å²) >= 11 is 20.9. The van der Waals surface area contributed by atoms with E-state index in [1.807, 2.05) is 0 Å². The van der Waals surface area contributed by atoms with Crippen molar-refractivity contribution < 1.29 is 31.5 Å². The number of rotatable bonds is 6. The number of halogens is 9. The summed E-state index contributed by atoms with van der Waals surface area (Å²) in [6.45, 7) is -0.323. The van der Waals surface area contributed by atoms with Gasteiger partial charge < -0.3 is 10.6 Å². The van der Waals surface area contributed by atoms with Crippen LogP contribution >= 0.6 is 50.7 Å². The number of carbonyl (C=O) groups excluding carboxylic acids is 2. The maximum Gasteiger partial charge on any atom is 0.405 e. The number of alkyl halides is 5. The Hall–Kier alpha value is -1.62. The molecular formula is C19H13BrCl3F5N2O2. The van der Waals surface area contributed by atoms with Crippen molar-refractivity contribution in [2.75, 3.05) is 11.9 Å². The van der Waals surface area contributed by atoms with Gasteiger partial charge in [-0.3, -0.25) is 9.59 Å². The van der Waals surface area contributed by atoms with Gasteiger partial charge in [-0.05, 0) is 58.7 Å². The van der Waals surface area contributed by atoms with Crippen LogP contribution < -0.4 is 10.6 Å². The smallest absolute Gasteiger partial charge is 0.343 e. The minimum absolute atomic E-state index is 0.0270. The van der Waals surface area contributed by atoms with Gasteiger partial charge in [0.2, 0.25) is 5.91 Å².